The number of anilines is 1. The molecule has 0 aliphatic carbocycles. The molecule has 4 rings (SSSR count). The van der Waals surface area contributed by atoms with Crippen molar-refractivity contribution < 1.29 is 14.4 Å². The molecule has 3 amide bonds. The van der Waals surface area contributed by atoms with Gasteiger partial charge in [-0.2, -0.15) is 0 Å². The zero-order valence-electron chi connectivity index (χ0n) is 19.3. The SMILES string of the molecule is Cc1c(-c2ccccc2)sc(NC(=O)CCCNC(=O)c2cccs2)c1C(=O)N1CCCCC1. The van der Waals surface area contributed by atoms with Crippen molar-refractivity contribution >= 4 is 45.4 Å². The summed E-state index contributed by atoms with van der Waals surface area (Å²) < 4.78 is 0. The Labute approximate surface area is 208 Å². The lowest BCUT2D eigenvalue weighted by atomic mass is 10.0. The molecule has 1 aromatic carbocycles. The number of nitrogens with zero attached hydrogens (tertiary/aromatic N) is 1. The van der Waals surface area contributed by atoms with Gasteiger partial charge in [0, 0.05) is 30.9 Å². The lowest BCUT2D eigenvalue weighted by Crippen LogP contribution is -2.36. The molecule has 0 bridgehead atoms. The molecule has 3 heterocycles. The van der Waals surface area contributed by atoms with Gasteiger partial charge in [0.15, 0.2) is 0 Å². The van der Waals surface area contributed by atoms with Gasteiger partial charge in [0.1, 0.15) is 5.00 Å². The van der Waals surface area contributed by atoms with E-state index in [0.29, 0.717) is 28.4 Å². The average Bonchev–Trinajstić information content (AvgIpc) is 3.51. The Kier molecular flexibility index (Phi) is 8.13. The minimum Gasteiger partial charge on any atom is -0.351 e. The Balaban J connectivity index is 1.45. The molecule has 2 aromatic heterocycles. The van der Waals surface area contributed by atoms with Crippen LogP contribution < -0.4 is 10.6 Å². The summed E-state index contributed by atoms with van der Waals surface area (Å²) in [5.74, 6) is -0.278. The number of carbonyl (C=O) groups excluding carboxylic acids is 3. The number of amides is 3. The van der Waals surface area contributed by atoms with Gasteiger partial charge >= 0.3 is 0 Å². The highest BCUT2D eigenvalue weighted by atomic mass is 32.1. The lowest BCUT2D eigenvalue weighted by molar-refractivity contribution is -0.116. The molecule has 6 nitrogen and oxygen atoms in total. The van der Waals surface area contributed by atoms with Crippen molar-refractivity contribution in [3.63, 3.8) is 0 Å². The largest absolute Gasteiger partial charge is 0.351 e. The molecule has 34 heavy (non-hydrogen) atoms. The van der Waals surface area contributed by atoms with Crippen molar-refractivity contribution in [3.05, 3.63) is 63.8 Å². The van der Waals surface area contributed by atoms with Crippen molar-refractivity contribution in [2.45, 2.75) is 39.0 Å². The number of rotatable bonds is 8. The molecule has 1 fully saturated rings. The van der Waals surface area contributed by atoms with Crippen molar-refractivity contribution in [2.75, 3.05) is 25.0 Å². The van der Waals surface area contributed by atoms with Crippen LogP contribution >= 0.6 is 22.7 Å². The standard InChI is InChI=1S/C26H29N3O3S2/c1-18-22(26(32)29-15-6-3-7-16-29)25(34-23(18)19-10-4-2-5-11-19)28-21(30)13-8-14-27-24(31)20-12-9-17-33-20/h2,4-5,9-12,17H,3,6-8,13-16H2,1H3,(H,27,31)(H,28,30). The second-order valence-electron chi connectivity index (χ2n) is 8.36. The van der Waals surface area contributed by atoms with Crippen molar-refractivity contribution in [3.8, 4) is 10.4 Å². The molecule has 178 valence electrons. The summed E-state index contributed by atoms with van der Waals surface area (Å²) in [6, 6.07) is 13.6. The highest BCUT2D eigenvalue weighted by molar-refractivity contribution is 7.20. The van der Waals surface area contributed by atoms with Crippen LogP contribution in [0.5, 0.6) is 0 Å². The minimum atomic E-state index is -0.154. The van der Waals surface area contributed by atoms with E-state index in [9.17, 15) is 14.4 Å². The summed E-state index contributed by atoms with van der Waals surface area (Å²) in [7, 11) is 0. The van der Waals surface area contributed by atoms with Gasteiger partial charge in [0.2, 0.25) is 5.91 Å². The van der Waals surface area contributed by atoms with Gasteiger partial charge in [-0.3, -0.25) is 14.4 Å². The summed E-state index contributed by atoms with van der Waals surface area (Å²) in [6.45, 7) is 3.90. The quantitative estimate of drug-likeness (QED) is 0.402. The molecule has 3 aromatic rings. The summed E-state index contributed by atoms with van der Waals surface area (Å²) in [5.41, 5.74) is 2.55. The Morgan fingerprint density at radius 3 is 2.47 bits per heavy atom. The van der Waals surface area contributed by atoms with Crippen LogP contribution in [-0.4, -0.2) is 42.3 Å². The van der Waals surface area contributed by atoms with Gasteiger partial charge < -0.3 is 15.5 Å². The number of likely N-dealkylation sites (tertiary alicyclic amines) is 1. The van der Waals surface area contributed by atoms with Crippen LogP contribution in [0.4, 0.5) is 5.00 Å². The Morgan fingerprint density at radius 2 is 1.76 bits per heavy atom. The van der Waals surface area contributed by atoms with E-state index in [1.54, 1.807) is 6.07 Å². The van der Waals surface area contributed by atoms with Crippen molar-refractivity contribution in [1.29, 1.82) is 0 Å². The summed E-state index contributed by atoms with van der Waals surface area (Å²) in [4.78, 5) is 41.8. The zero-order valence-corrected chi connectivity index (χ0v) is 20.9. The maximum absolute atomic E-state index is 13.5. The monoisotopic (exact) mass is 495 g/mol. The average molecular weight is 496 g/mol. The number of nitrogens with one attached hydrogen (secondary N) is 2. The fraction of sp³-hybridized carbons (Fsp3) is 0.346. The fourth-order valence-corrected chi connectivity index (χ4v) is 5.97. The first-order valence-corrected chi connectivity index (χ1v) is 13.3. The molecular weight excluding hydrogens is 466 g/mol. The molecule has 1 aliphatic rings. The second-order valence-corrected chi connectivity index (χ2v) is 10.3. The van der Waals surface area contributed by atoms with Gasteiger partial charge in [-0.1, -0.05) is 36.4 Å². The second kappa shape index (κ2) is 11.4. The molecule has 0 unspecified atom stereocenters. The van der Waals surface area contributed by atoms with E-state index in [-0.39, 0.29) is 24.1 Å². The summed E-state index contributed by atoms with van der Waals surface area (Å²) >= 11 is 2.84. The molecule has 0 saturated carbocycles. The zero-order chi connectivity index (χ0) is 23.9. The molecular formula is C26H29N3O3S2. The van der Waals surface area contributed by atoms with Gasteiger partial charge in [0.05, 0.1) is 10.4 Å². The molecule has 1 aliphatic heterocycles. The van der Waals surface area contributed by atoms with Gasteiger partial charge in [0.25, 0.3) is 11.8 Å². The lowest BCUT2D eigenvalue weighted by Gasteiger charge is -2.27. The number of thiophene rings is 2. The van der Waals surface area contributed by atoms with E-state index in [1.165, 1.54) is 22.7 Å². The van der Waals surface area contributed by atoms with E-state index in [4.69, 9.17) is 0 Å². The maximum atomic E-state index is 13.5. The Hall–Kier alpha value is -2.97. The van der Waals surface area contributed by atoms with Crippen LogP contribution in [0.1, 0.15) is 57.7 Å². The molecule has 0 atom stereocenters. The fourth-order valence-electron chi connectivity index (χ4n) is 4.11. The number of benzene rings is 1. The number of hydrogen-bond acceptors (Lipinski definition) is 5. The number of carbonyl (C=O) groups is 3. The predicted molar refractivity (Wildman–Crippen MR) is 139 cm³/mol. The highest BCUT2D eigenvalue weighted by Crippen LogP contribution is 2.40. The first-order valence-electron chi connectivity index (χ1n) is 11.6. The van der Waals surface area contributed by atoms with Crippen molar-refractivity contribution in [1.82, 2.24) is 10.2 Å². The van der Waals surface area contributed by atoms with Crippen LogP contribution in [0.15, 0.2) is 47.8 Å². The topological polar surface area (TPSA) is 78.5 Å². The normalized spacial score (nSPS) is 13.5. The molecule has 8 heteroatoms. The van der Waals surface area contributed by atoms with E-state index in [1.807, 2.05) is 53.6 Å². The predicted octanol–water partition coefficient (Wildman–Crippen LogP) is 5.56. The van der Waals surface area contributed by atoms with Gasteiger partial charge in [-0.25, -0.2) is 0 Å². The third-order valence-corrected chi connectivity index (χ3v) is 8.03. The van der Waals surface area contributed by atoms with Gasteiger partial charge in [-0.05, 0) is 55.2 Å². The van der Waals surface area contributed by atoms with E-state index >= 15 is 0 Å². The van der Waals surface area contributed by atoms with E-state index < -0.39 is 0 Å². The van der Waals surface area contributed by atoms with E-state index in [0.717, 1.165) is 48.4 Å². The molecule has 1 saturated heterocycles. The molecule has 0 spiro atoms. The Bertz CT molecular complexity index is 1130. The van der Waals surface area contributed by atoms with Crippen LogP contribution in [0.3, 0.4) is 0 Å². The third kappa shape index (κ3) is 5.74. The van der Waals surface area contributed by atoms with Crippen LogP contribution in [0.2, 0.25) is 0 Å². The minimum absolute atomic E-state index is 0.00542. The first-order chi connectivity index (χ1) is 16.5. The molecule has 0 radical (unpaired) electrons. The summed E-state index contributed by atoms with van der Waals surface area (Å²) in [5, 5.41) is 8.31. The smallest absolute Gasteiger partial charge is 0.261 e. The maximum Gasteiger partial charge on any atom is 0.261 e. The van der Waals surface area contributed by atoms with Crippen LogP contribution in [0.25, 0.3) is 10.4 Å². The third-order valence-electron chi connectivity index (χ3n) is 5.90. The van der Waals surface area contributed by atoms with Gasteiger partial charge in [-0.15, -0.1) is 22.7 Å². The number of piperidine rings is 1. The first kappa shape index (κ1) is 24.2. The van der Waals surface area contributed by atoms with E-state index in [2.05, 4.69) is 10.6 Å². The highest BCUT2D eigenvalue weighted by Gasteiger charge is 2.27. The Morgan fingerprint density at radius 1 is 1.00 bits per heavy atom. The van der Waals surface area contributed by atoms with Crippen molar-refractivity contribution in [2.24, 2.45) is 0 Å². The van der Waals surface area contributed by atoms with Crippen LogP contribution in [0, 0.1) is 6.92 Å². The molecule has 2 N–H and O–H groups in total. The van der Waals surface area contributed by atoms with Crippen LogP contribution in [-0.2, 0) is 4.79 Å². The number of hydrogen-bond donors (Lipinski definition) is 2. The summed E-state index contributed by atoms with van der Waals surface area (Å²) in [6.07, 6.45) is 3.96.